The van der Waals surface area contributed by atoms with Crippen molar-refractivity contribution < 1.29 is 4.79 Å². The number of fused-ring (bicyclic) bond motifs is 1. The largest absolute Gasteiger partial charge is 0.350 e. The molecule has 0 aliphatic rings. The third-order valence-corrected chi connectivity index (χ3v) is 3.06. The second-order valence-electron chi connectivity index (χ2n) is 5.72. The number of aryl methyl sites for hydroxylation is 2. The summed E-state index contributed by atoms with van der Waals surface area (Å²) < 4.78 is 4.04. The molecule has 19 heavy (non-hydrogen) atoms. The number of H-pyrrole nitrogens is 1. The minimum atomic E-state index is -0.253. The van der Waals surface area contributed by atoms with E-state index in [2.05, 4.69) is 15.4 Å². The number of aromatic nitrogens is 4. The third kappa shape index (κ3) is 2.70. The highest BCUT2D eigenvalue weighted by atomic mass is 32.1. The molecule has 0 bridgehead atoms. The molecule has 2 heterocycles. The monoisotopic (exact) mass is 281 g/mol. The van der Waals surface area contributed by atoms with Crippen molar-refractivity contribution in [3.63, 3.8) is 0 Å². The lowest BCUT2D eigenvalue weighted by molar-refractivity contribution is -0.123. The Morgan fingerprint density at radius 3 is 2.68 bits per heavy atom. The number of nitrogens with one attached hydrogen (secondary N) is 2. The molecule has 0 aliphatic carbocycles. The average molecular weight is 281 g/mol. The maximum Gasteiger partial charge on any atom is 0.240 e. The standard InChI is InChI=1S/C12H19N5OS/c1-7-9-10(16(5)15-7)17(11(19)13-9)6-8(18)14-12(2,3)4/h6H2,1-5H3,(H,13,19)(H,14,18). The van der Waals surface area contributed by atoms with E-state index in [-0.39, 0.29) is 18.0 Å². The van der Waals surface area contributed by atoms with E-state index in [4.69, 9.17) is 12.2 Å². The predicted molar refractivity (Wildman–Crippen MR) is 76.5 cm³/mol. The molecule has 0 atom stereocenters. The van der Waals surface area contributed by atoms with E-state index >= 15 is 0 Å². The molecule has 2 aromatic heterocycles. The van der Waals surface area contributed by atoms with Crippen LogP contribution in [0, 0.1) is 11.7 Å². The van der Waals surface area contributed by atoms with E-state index in [9.17, 15) is 4.79 Å². The normalized spacial score (nSPS) is 12.1. The first-order valence-electron chi connectivity index (χ1n) is 6.12. The van der Waals surface area contributed by atoms with Gasteiger partial charge in [0.25, 0.3) is 0 Å². The Hall–Kier alpha value is -1.63. The van der Waals surface area contributed by atoms with E-state index < -0.39 is 0 Å². The fourth-order valence-electron chi connectivity index (χ4n) is 2.12. The van der Waals surface area contributed by atoms with Gasteiger partial charge in [0, 0.05) is 12.6 Å². The van der Waals surface area contributed by atoms with Gasteiger partial charge in [-0.1, -0.05) is 0 Å². The van der Waals surface area contributed by atoms with Crippen molar-refractivity contribution in [2.24, 2.45) is 7.05 Å². The van der Waals surface area contributed by atoms with Crippen molar-refractivity contribution >= 4 is 29.3 Å². The van der Waals surface area contributed by atoms with Crippen molar-refractivity contribution in [1.29, 1.82) is 0 Å². The maximum absolute atomic E-state index is 12.0. The van der Waals surface area contributed by atoms with E-state index in [1.165, 1.54) is 0 Å². The number of aromatic amines is 1. The fraction of sp³-hybridized carbons (Fsp3) is 0.583. The van der Waals surface area contributed by atoms with Gasteiger partial charge in [-0.3, -0.25) is 14.0 Å². The Balaban J connectivity index is 2.38. The summed E-state index contributed by atoms with van der Waals surface area (Å²) in [4.78, 5) is 15.1. The van der Waals surface area contributed by atoms with Crippen LogP contribution in [0.5, 0.6) is 0 Å². The molecule has 0 aromatic carbocycles. The molecule has 0 aliphatic heterocycles. The Morgan fingerprint density at radius 1 is 1.47 bits per heavy atom. The van der Waals surface area contributed by atoms with Crippen LogP contribution in [0.1, 0.15) is 26.5 Å². The van der Waals surface area contributed by atoms with Crippen LogP contribution < -0.4 is 5.32 Å². The molecule has 0 radical (unpaired) electrons. The predicted octanol–water partition coefficient (Wildman–Crippen LogP) is 1.66. The molecule has 7 heteroatoms. The smallest absolute Gasteiger partial charge is 0.240 e. The molecule has 0 spiro atoms. The van der Waals surface area contributed by atoms with Crippen LogP contribution in [0.4, 0.5) is 0 Å². The fourth-order valence-corrected chi connectivity index (χ4v) is 2.37. The Morgan fingerprint density at radius 2 is 2.11 bits per heavy atom. The van der Waals surface area contributed by atoms with E-state index in [1.807, 2.05) is 34.7 Å². The number of carbonyl (C=O) groups is 1. The lowest BCUT2D eigenvalue weighted by Crippen LogP contribution is -2.42. The van der Waals surface area contributed by atoms with Crippen LogP contribution in [-0.4, -0.2) is 30.8 Å². The van der Waals surface area contributed by atoms with Crippen molar-refractivity contribution in [1.82, 2.24) is 24.6 Å². The number of carbonyl (C=O) groups excluding carboxylic acids is 1. The number of nitrogens with zero attached hydrogens (tertiary/aromatic N) is 3. The summed E-state index contributed by atoms with van der Waals surface area (Å²) in [5, 5.41) is 7.25. The van der Waals surface area contributed by atoms with Crippen LogP contribution >= 0.6 is 12.2 Å². The van der Waals surface area contributed by atoms with Crippen molar-refractivity contribution in [2.75, 3.05) is 0 Å². The highest BCUT2D eigenvalue weighted by Gasteiger charge is 2.18. The molecule has 6 nitrogen and oxygen atoms in total. The quantitative estimate of drug-likeness (QED) is 0.823. The van der Waals surface area contributed by atoms with E-state index in [1.54, 1.807) is 9.25 Å². The molecule has 0 saturated carbocycles. The molecule has 2 aromatic rings. The first-order chi connectivity index (χ1) is 8.69. The Bertz CT molecular complexity index is 685. The highest BCUT2D eigenvalue weighted by molar-refractivity contribution is 7.71. The van der Waals surface area contributed by atoms with Gasteiger partial charge < -0.3 is 10.3 Å². The van der Waals surface area contributed by atoms with Crippen LogP contribution in [0.2, 0.25) is 0 Å². The lowest BCUT2D eigenvalue weighted by atomic mass is 10.1. The molecule has 0 unspecified atom stereocenters. The topological polar surface area (TPSA) is 67.6 Å². The van der Waals surface area contributed by atoms with Gasteiger partial charge in [0.1, 0.15) is 12.1 Å². The molecular weight excluding hydrogens is 262 g/mol. The summed E-state index contributed by atoms with van der Waals surface area (Å²) in [5.41, 5.74) is 2.35. The lowest BCUT2D eigenvalue weighted by Gasteiger charge is -2.20. The summed E-state index contributed by atoms with van der Waals surface area (Å²) in [7, 11) is 1.84. The third-order valence-electron chi connectivity index (χ3n) is 2.74. The van der Waals surface area contributed by atoms with E-state index in [0.717, 1.165) is 16.9 Å². The molecule has 1 amide bonds. The zero-order valence-corrected chi connectivity index (χ0v) is 12.7. The number of hydrogen-bond acceptors (Lipinski definition) is 3. The zero-order valence-electron chi connectivity index (χ0n) is 11.9. The second kappa shape index (κ2) is 4.48. The van der Waals surface area contributed by atoms with Crippen LogP contribution in [0.15, 0.2) is 0 Å². The average Bonchev–Trinajstić information content (AvgIpc) is 2.66. The van der Waals surface area contributed by atoms with Crippen LogP contribution in [0.25, 0.3) is 11.2 Å². The van der Waals surface area contributed by atoms with Crippen molar-refractivity contribution in [2.45, 2.75) is 39.8 Å². The summed E-state index contributed by atoms with van der Waals surface area (Å²) in [6.07, 6.45) is 0. The zero-order chi connectivity index (χ0) is 14.4. The second-order valence-corrected chi connectivity index (χ2v) is 6.11. The van der Waals surface area contributed by atoms with Gasteiger partial charge in [0.2, 0.25) is 5.91 Å². The Kier molecular flexibility index (Phi) is 3.25. The molecule has 0 saturated heterocycles. The molecule has 104 valence electrons. The maximum atomic E-state index is 12.0. The van der Waals surface area contributed by atoms with Gasteiger partial charge in [-0.05, 0) is 39.9 Å². The number of hydrogen-bond donors (Lipinski definition) is 2. The number of amides is 1. The first kappa shape index (κ1) is 13.8. The summed E-state index contributed by atoms with van der Waals surface area (Å²) in [5.74, 6) is -0.0663. The molecule has 2 N–H and O–H groups in total. The van der Waals surface area contributed by atoms with Gasteiger partial charge in [-0.2, -0.15) is 5.10 Å². The Labute approximate surface area is 116 Å². The van der Waals surface area contributed by atoms with Crippen LogP contribution in [0.3, 0.4) is 0 Å². The SMILES string of the molecule is Cc1nn(C)c2c1[nH]c(=S)n2CC(=O)NC(C)(C)C. The minimum absolute atomic E-state index is 0.0663. The summed E-state index contributed by atoms with van der Waals surface area (Å²) in [6.45, 7) is 7.95. The van der Waals surface area contributed by atoms with Gasteiger partial charge in [-0.15, -0.1) is 0 Å². The van der Waals surface area contributed by atoms with Gasteiger partial charge in [0.05, 0.1) is 5.69 Å². The van der Waals surface area contributed by atoms with Crippen LogP contribution in [-0.2, 0) is 18.4 Å². The molecule has 0 fully saturated rings. The first-order valence-corrected chi connectivity index (χ1v) is 6.53. The summed E-state index contributed by atoms with van der Waals surface area (Å²) in [6, 6.07) is 0. The molecular formula is C12H19N5OS. The van der Waals surface area contributed by atoms with E-state index in [0.29, 0.717) is 4.77 Å². The highest BCUT2D eigenvalue weighted by Crippen LogP contribution is 2.16. The minimum Gasteiger partial charge on any atom is -0.350 e. The van der Waals surface area contributed by atoms with Gasteiger partial charge in [0.15, 0.2) is 10.4 Å². The van der Waals surface area contributed by atoms with Gasteiger partial charge in [-0.25, -0.2) is 0 Å². The summed E-state index contributed by atoms with van der Waals surface area (Å²) >= 11 is 5.27. The number of imidazole rings is 1. The number of rotatable bonds is 2. The van der Waals surface area contributed by atoms with Gasteiger partial charge >= 0.3 is 0 Å². The van der Waals surface area contributed by atoms with Crippen molar-refractivity contribution in [3.05, 3.63) is 10.5 Å². The van der Waals surface area contributed by atoms with Crippen molar-refractivity contribution in [3.8, 4) is 0 Å². The molecule has 2 rings (SSSR count).